The summed E-state index contributed by atoms with van der Waals surface area (Å²) in [7, 11) is 0. The Bertz CT molecular complexity index is 920. The highest BCUT2D eigenvalue weighted by Crippen LogP contribution is 2.20. The lowest BCUT2D eigenvalue weighted by Gasteiger charge is -2.08. The summed E-state index contributed by atoms with van der Waals surface area (Å²) >= 11 is 3.46. The Balaban J connectivity index is 2.12. The highest BCUT2D eigenvalue weighted by atomic mass is 79.9. The third-order valence-corrected chi connectivity index (χ3v) is 5.00. The van der Waals surface area contributed by atoms with Gasteiger partial charge in [0.25, 0.3) is 0 Å². The van der Waals surface area contributed by atoms with Crippen molar-refractivity contribution in [2.24, 2.45) is 4.99 Å². The van der Waals surface area contributed by atoms with E-state index < -0.39 is 0 Å². The highest BCUT2D eigenvalue weighted by Gasteiger charge is 2.03. The molecule has 2 nitrogen and oxygen atoms in total. The lowest BCUT2D eigenvalue weighted by atomic mass is 10.0. The quantitative estimate of drug-likeness (QED) is 0.294. The molecule has 0 saturated heterocycles. The number of hydrogen-bond donors (Lipinski definition) is 1. The van der Waals surface area contributed by atoms with Crippen LogP contribution in [0.4, 0.5) is 0 Å². The zero-order valence-corrected chi connectivity index (χ0v) is 19.7. The molecule has 3 heteroatoms. The van der Waals surface area contributed by atoms with E-state index in [1.54, 1.807) is 0 Å². The zero-order chi connectivity index (χ0) is 21.6. The first-order valence-electron chi connectivity index (χ1n) is 10.4. The molecular formula is C27H31BrN2. The van der Waals surface area contributed by atoms with E-state index in [2.05, 4.69) is 103 Å². The fraction of sp³-hybridized carbons (Fsp3) is 0.222. The second kappa shape index (κ2) is 13.6. The maximum Gasteiger partial charge on any atom is 0.0855 e. The summed E-state index contributed by atoms with van der Waals surface area (Å²) in [5.74, 6) is 0. The molecule has 0 unspecified atom stereocenters. The lowest BCUT2D eigenvalue weighted by molar-refractivity contribution is 0.907. The van der Waals surface area contributed by atoms with Gasteiger partial charge in [-0.1, -0.05) is 82.2 Å². The molecule has 156 valence electrons. The lowest BCUT2D eigenvalue weighted by Crippen LogP contribution is -2.04. The Hall–Kier alpha value is -2.65. The number of halogens is 1. The average molecular weight is 463 g/mol. The predicted molar refractivity (Wildman–Crippen MR) is 137 cm³/mol. The van der Waals surface area contributed by atoms with E-state index in [1.165, 1.54) is 11.1 Å². The second-order valence-corrected chi connectivity index (χ2v) is 7.91. The molecule has 0 aromatic heterocycles. The van der Waals surface area contributed by atoms with Crippen LogP contribution in [0.2, 0.25) is 0 Å². The molecule has 0 heterocycles. The van der Waals surface area contributed by atoms with E-state index in [0.29, 0.717) is 0 Å². The van der Waals surface area contributed by atoms with Crippen LogP contribution in [-0.2, 0) is 0 Å². The molecule has 30 heavy (non-hydrogen) atoms. The summed E-state index contributed by atoms with van der Waals surface area (Å²) in [6.07, 6.45) is 25.0. The molecule has 1 aliphatic carbocycles. The van der Waals surface area contributed by atoms with Crippen LogP contribution in [0, 0.1) is 0 Å². The number of allylic oxidation sites excluding steroid dienone is 10. The van der Waals surface area contributed by atoms with Gasteiger partial charge in [0.15, 0.2) is 0 Å². The molecule has 0 spiro atoms. The first kappa shape index (κ1) is 23.6. The van der Waals surface area contributed by atoms with Crippen LogP contribution < -0.4 is 5.32 Å². The van der Waals surface area contributed by atoms with Crippen LogP contribution in [0.25, 0.3) is 6.08 Å². The van der Waals surface area contributed by atoms with Crippen molar-refractivity contribution < 1.29 is 0 Å². The maximum absolute atomic E-state index is 4.71. The Morgan fingerprint density at radius 2 is 2.00 bits per heavy atom. The molecular weight excluding hydrogens is 432 g/mol. The van der Waals surface area contributed by atoms with Crippen molar-refractivity contribution in [2.45, 2.75) is 33.6 Å². The van der Waals surface area contributed by atoms with Crippen molar-refractivity contribution >= 4 is 28.2 Å². The fourth-order valence-electron chi connectivity index (χ4n) is 2.94. The summed E-state index contributed by atoms with van der Waals surface area (Å²) in [5, 5.41) is 3.28. The van der Waals surface area contributed by atoms with Crippen molar-refractivity contribution in [3.8, 4) is 0 Å². The van der Waals surface area contributed by atoms with Gasteiger partial charge in [-0.05, 0) is 68.5 Å². The Morgan fingerprint density at radius 3 is 2.73 bits per heavy atom. The number of benzene rings is 1. The van der Waals surface area contributed by atoms with Crippen LogP contribution in [-0.4, -0.2) is 12.8 Å². The van der Waals surface area contributed by atoms with Gasteiger partial charge in [0.05, 0.1) is 5.70 Å². The minimum atomic E-state index is 0.859. The van der Waals surface area contributed by atoms with Gasteiger partial charge in [-0.25, -0.2) is 0 Å². The van der Waals surface area contributed by atoms with E-state index in [1.807, 2.05) is 30.6 Å². The van der Waals surface area contributed by atoms with Crippen molar-refractivity contribution in [3.05, 3.63) is 112 Å². The minimum absolute atomic E-state index is 0.859. The van der Waals surface area contributed by atoms with E-state index >= 15 is 0 Å². The average Bonchev–Trinajstić information content (AvgIpc) is 3.01. The Kier molecular flexibility index (Phi) is 10.7. The van der Waals surface area contributed by atoms with Crippen LogP contribution in [0.1, 0.15) is 39.2 Å². The third kappa shape index (κ3) is 8.79. The molecule has 1 aliphatic rings. The first-order chi connectivity index (χ1) is 14.6. The molecule has 0 bridgehead atoms. The van der Waals surface area contributed by atoms with Crippen LogP contribution in [0.15, 0.2) is 111 Å². The molecule has 0 radical (unpaired) electrons. The molecule has 0 amide bonds. The second-order valence-electron chi connectivity index (χ2n) is 6.99. The molecule has 1 N–H and O–H groups in total. The highest BCUT2D eigenvalue weighted by molar-refractivity contribution is 9.10. The van der Waals surface area contributed by atoms with Gasteiger partial charge in [-0.2, -0.15) is 0 Å². The number of aliphatic imine (C=N–C) groups is 1. The van der Waals surface area contributed by atoms with E-state index in [4.69, 9.17) is 4.99 Å². The predicted octanol–water partition coefficient (Wildman–Crippen LogP) is 7.71. The van der Waals surface area contributed by atoms with E-state index in [0.717, 1.165) is 40.7 Å². The largest absolute Gasteiger partial charge is 0.389 e. The van der Waals surface area contributed by atoms with Crippen molar-refractivity contribution in [1.29, 1.82) is 0 Å². The normalized spacial score (nSPS) is 15.7. The monoisotopic (exact) mass is 462 g/mol. The van der Waals surface area contributed by atoms with Crippen molar-refractivity contribution in [3.63, 3.8) is 0 Å². The van der Waals surface area contributed by atoms with Gasteiger partial charge < -0.3 is 5.32 Å². The molecule has 0 atom stereocenters. The molecule has 0 fully saturated rings. The summed E-state index contributed by atoms with van der Waals surface area (Å²) < 4.78 is 1.08. The maximum atomic E-state index is 4.71. The SMILES string of the molecule is C/C=C(\C=C(/C)CC1=CCC=CC=C1)C(=C/NCC)/N=C\C=C\c1ccc(Br)cc1. The summed E-state index contributed by atoms with van der Waals surface area (Å²) in [6.45, 7) is 7.18. The van der Waals surface area contributed by atoms with Crippen LogP contribution in [0.5, 0.6) is 0 Å². The van der Waals surface area contributed by atoms with Crippen LogP contribution in [0.3, 0.4) is 0 Å². The molecule has 1 aromatic rings. The van der Waals surface area contributed by atoms with Crippen LogP contribution >= 0.6 is 15.9 Å². The Morgan fingerprint density at radius 1 is 1.20 bits per heavy atom. The topological polar surface area (TPSA) is 24.4 Å². The van der Waals surface area contributed by atoms with Gasteiger partial charge >= 0.3 is 0 Å². The van der Waals surface area contributed by atoms with Gasteiger partial charge in [-0.3, -0.25) is 4.99 Å². The molecule has 0 saturated carbocycles. The van der Waals surface area contributed by atoms with Crippen molar-refractivity contribution in [2.75, 3.05) is 6.54 Å². The zero-order valence-electron chi connectivity index (χ0n) is 18.1. The first-order valence-corrected chi connectivity index (χ1v) is 11.2. The number of hydrogen-bond acceptors (Lipinski definition) is 2. The smallest absolute Gasteiger partial charge is 0.0855 e. The fourth-order valence-corrected chi connectivity index (χ4v) is 3.21. The van der Waals surface area contributed by atoms with E-state index in [9.17, 15) is 0 Å². The number of rotatable bonds is 9. The molecule has 1 aromatic carbocycles. The summed E-state index contributed by atoms with van der Waals surface area (Å²) in [4.78, 5) is 4.71. The van der Waals surface area contributed by atoms with Crippen molar-refractivity contribution in [1.82, 2.24) is 5.32 Å². The van der Waals surface area contributed by atoms with Gasteiger partial charge in [0.2, 0.25) is 0 Å². The molecule has 2 rings (SSSR count). The third-order valence-electron chi connectivity index (χ3n) is 4.47. The Labute approximate surface area is 190 Å². The van der Waals surface area contributed by atoms with Gasteiger partial charge in [-0.15, -0.1) is 0 Å². The van der Waals surface area contributed by atoms with Gasteiger partial charge in [0.1, 0.15) is 0 Å². The minimum Gasteiger partial charge on any atom is -0.389 e. The standard InChI is InChI=1S/C27H31BrN2/c1-4-25(20-22(3)19-24-11-8-6-7-9-12-24)27(21-29-5-2)30-18-10-13-23-14-16-26(28)17-15-23/h4,6-8,10-18,20-21,29H,5,9,19H2,1-3H3/b13-10+,22-20+,25-4+,27-21-,30-18-. The molecule has 0 aliphatic heterocycles. The number of nitrogens with zero attached hydrogens (tertiary/aromatic N) is 1. The summed E-state index contributed by atoms with van der Waals surface area (Å²) in [5.41, 5.74) is 5.83. The van der Waals surface area contributed by atoms with Gasteiger partial charge in [0, 0.05) is 23.4 Å². The van der Waals surface area contributed by atoms with E-state index in [-0.39, 0.29) is 0 Å². The summed E-state index contributed by atoms with van der Waals surface area (Å²) in [6, 6.07) is 8.21. The number of nitrogens with one attached hydrogen (secondary N) is 1.